The molecule has 0 N–H and O–H groups in total. The van der Waals surface area contributed by atoms with Gasteiger partial charge in [-0.25, -0.2) is 4.79 Å². The fourth-order valence-corrected chi connectivity index (χ4v) is 3.35. The van der Waals surface area contributed by atoms with Gasteiger partial charge in [-0.05, 0) is 68.5 Å². The second-order valence-electron chi connectivity index (χ2n) is 7.00. The number of ether oxygens (including phenoxy) is 3. The SMILES string of the molecule is C=C(C)C1(Oc2cc(C(=O)Oc3ccccc3)ccc2OC(F)(F)F)CCCC1. The Morgan fingerprint density at radius 1 is 1.03 bits per heavy atom. The molecule has 1 aliphatic rings. The molecule has 2 aromatic carbocycles. The van der Waals surface area contributed by atoms with E-state index in [-0.39, 0.29) is 11.3 Å². The highest BCUT2D eigenvalue weighted by Gasteiger charge is 2.39. The lowest BCUT2D eigenvalue weighted by atomic mass is 9.94. The van der Waals surface area contributed by atoms with Crippen LogP contribution in [0, 0.1) is 0 Å². The lowest BCUT2D eigenvalue weighted by Gasteiger charge is -2.32. The first-order chi connectivity index (χ1) is 13.7. The molecule has 0 amide bonds. The Morgan fingerprint density at radius 3 is 2.28 bits per heavy atom. The zero-order valence-electron chi connectivity index (χ0n) is 15.9. The van der Waals surface area contributed by atoms with Gasteiger partial charge in [-0.2, -0.15) is 0 Å². The zero-order valence-corrected chi connectivity index (χ0v) is 15.9. The molecule has 2 aromatic rings. The fraction of sp³-hybridized carbons (Fsp3) is 0.318. The summed E-state index contributed by atoms with van der Waals surface area (Å²) >= 11 is 0. The lowest BCUT2D eigenvalue weighted by molar-refractivity contribution is -0.275. The van der Waals surface area contributed by atoms with Crippen LogP contribution in [0.5, 0.6) is 17.2 Å². The molecule has 4 nitrogen and oxygen atoms in total. The van der Waals surface area contributed by atoms with Crippen LogP contribution in [0.1, 0.15) is 43.0 Å². The maximum absolute atomic E-state index is 12.8. The van der Waals surface area contributed by atoms with Gasteiger partial charge >= 0.3 is 12.3 Å². The van der Waals surface area contributed by atoms with E-state index in [1.165, 1.54) is 12.1 Å². The summed E-state index contributed by atoms with van der Waals surface area (Å²) in [7, 11) is 0. The van der Waals surface area contributed by atoms with E-state index in [1.807, 2.05) is 0 Å². The molecule has 1 saturated carbocycles. The van der Waals surface area contributed by atoms with Gasteiger partial charge < -0.3 is 14.2 Å². The van der Waals surface area contributed by atoms with E-state index in [4.69, 9.17) is 9.47 Å². The number of carbonyl (C=O) groups excluding carboxylic acids is 1. The second-order valence-corrected chi connectivity index (χ2v) is 7.00. The van der Waals surface area contributed by atoms with Crippen molar-refractivity contribution in [2.24, 2.45) is 0 Å². The summed E-state index contributed by atoms with van der Waals surface area (Å²) in [5.41, 5.74) is -0.0236. The number of rotatable bonds is 6. The van der Waals surface area contributed by atoms with Crippen molar-refractivity contribution in [1.29, 1.82) is 0 Å². The normalized spacial score (nSPS) is 15.6. The fourth-order valence-electron chi connectivity index (χ4n) is 3.35. The molecule has 7 heteroatoms. The molecule has 0 radical (unpaired) electrons. The number of alkyl halides is 3. The van der Waals surface area contributed by atoms with E-state index >= 15 is 0 Å². The third-order valence-electron chi connectivity index (χ3n) is 4.85. The number of para-hydroxylation sites is 1. The Hall–Kier alpha value is -2.96. The first-order valence-corrected chi connectivity index (χ1v) is 9.21. The molecular weight excluding hydrogens is 385 g/mol. The van der Waals surface area contributed by atoms with Gasteiger partial charge in [0, 0.05) is 0 Å². The summed E-state index contributed by atoms with van der Waals surface area (Å²) in [5, 5.41) is 0. The van der Waals surface area contributed by atoms with Crippen molar-refractivity contribution in [3.8, 4) is 17.2 Å². The van der Waals surface area contributed by atoms with Crippen molar-refractivity contribution in [3.05, 3.63) is 66.2 Å². The van der Waals surface area contributed by atoms with Gasteiger partial charge in [0.25, 0.3) is 0 Å². The minimum Gasteiger partial charge on any atom is -0.479 e. The Kier molecular flexibility index (Phi) is 5.86. The summed E-state index contributed by atoms with van der Waals surface area (Å²) in [6.07, 6.45) is -1.88. The molecule has 154 valence electrons. The van der Waals surface area contributed by atoms with Crippen molar-refractivity contribution in [2.75, 3.05) is 0 Å². The first kappa shape index (κ1) is 20.8. The Bertz CT molecular complexity index is 885. The van der Waals surface area contributed by atoms with E-state index in [0.717, 1.165) is 18.9 Å². The number of hydrogen-bond donors (Lipinski definition) is 0. The average molecular weight is 406 g/mol. The molecule has 1 aliphatic carbocycles. The molecule has 0 unspecified atom stereocenters. The summed E-state index contributed by atoms with van der Waals surface area (Å²) in [6.45, 7) is 5.72. The summed E-state index contributed by atoms with van der Waals surface area (Å²) in [5.74, 6) is -1.07. The molecule has 0 heterocycles. The highest BCUT2D eigenvalue weighted by atomic mass is 19.4. The van der Waals surface area contributed by atoms with Gasteiger partial charge in [0.15, 0.2) is 11.5 Å². The topological polar surface area (TPSA) is 44.8 Å². The van der Waals surface area contributed by atoms with Crippen LogP contribution in [0.4, 0.5) is 13.2 Å². The molecule has 0 aromatic heterocycles. The van der Waals surface area contributed by atoms with Gasteiger partial charge in [0.1, 0.15) is 11.4 Å². The smallest absolute Gasteiger partial charge is 0.479 e. The predicted octanol–water partition coefficient (Wildman–Crippen LogP) is 6.07. The molecule has 29 heavy (non-hydrogen) atoms. The molecule has 1 fully saturated rings. The molecular formula is C22H21F3O4. The Balaban J connectivity index is 1.93. The first-order valence-electron chi connectivity index (χ1n) is 9.21. The van der Waals surface area contributed by atoms with Gasteiger partial charge in [-0.15, -0.1) is 13.2 Å². The Labute approximate surface area is 166 Å². The summed E-state index contributed by atoms with van der Waals surface area (Å²) in [4.78, 5) is 12.5. The third-order valence-corrected chi connectivity index (χ3v) is 4.85. The van der Waals surface area contributed by atoms with Crippen LogP contribution in [-0.2, 0) is 0 Å². The van der Waals surface area contributed by atoms with Crippen molar-refractivity contribution in [3.63, 3.8) is 0 Å². The van der Waals surface area contributed by atoms with Crippen LogP contribution < -0.4 is 14.2 Å². The highest BCUT2D eigenvalue weighted by molar-refractivity contribution is 5.91. The number of hydrogen-bond acceptors (Lipinski definition) is 4. The van der Waals surface area contributed by atoms with Crippen molar-refractivity contribution >= 4 is 5.97 Å². The van der Waals surface area contributed by atoms with E-state index in [2.05, 4.69) is 11.3 Å². The molecule has 0 spiro atoms. The average Bonchev–Trinajstić information content (AvgIpc) is 3.13. The van der Waals surface area contributed by atoms with E-state index < -0.39 is 23.7 Å². The third kappa shape index (κ3) is 5.10. The number of carbonyl (C=O) groups is 1. The zero-order chi connectivity index (χ0) is 21.1. The van der Waals surface area contributed by atoms with Crippen LogP contribution in [0.2, 0.25) is 0 Å². The lowest BCUT2D eigenvalue weighted by Crippen LogP contribution is -2.34. The van der Waals surface area contributed by atoms with E-state index in [0.29, 0.717) is 24.2 Å². The van der Waals surface area contributed by atoms with Crippen LogP contribution in [0.15, 0.2) is 60.7 Å². The van der Waals surface area contributed by atoms with Gasteiger partial charge in [-0.3, -0.25) is 0 Å². The molecule has 0 saturated heterocycles. The minimum absolute atomic E-state index is 0.0493. The number of halogens is 3. The predicted molar refractivity (Wildman–Crippen MR) is 101 cm³/mol. The van der Waals surface area contributed by atoms with Crippen LogP contribution >= 0.6 is 0 Å². The molecule has 0 atom stereocenters. The van der Waals surface area contributed by atoms with Crippen LogP contribution in [-0.4, -0.2) is 17.9 Å². The van der Waals surface area contributed by atoms with Crippen molar-refractivity contribution < 1.29 is 32.2 Å². The van der Waals surface area contributed by atoms with Crippen LogP contribution in [0.3, 0.4) is 0 Å². The maximum Gasteiger partial charge on any atom is 0.573 e. The standard InChI is InChI=1S/C22H21F3O4/c1-15(2)21(12-6-7-13-21)28-19-14-16(10-11-18(19)29-22(23,24)25)20(26)27-17-8-4-3-5-9-17/h3-5,8-11,14H,1,6-7,12-13H2,2H3. The maximum atomic E-state index is 12.8. The number of esters is 1. The minimum atomic E-state index is -4.89. The van der Waals surface area contributed by atoms with Crippen molar-refractivity contribution in [1.82, 2.24) is 0 Å². The quantitative estimate of drug-likeness (QED) is 0.332. The van der Waals surface area contributed by atoms with Crippen molar-refractivity contribution in [2.45, 2.75) is 44.6 Å². The molecule has 0 aliphatic heterocycles. The van der Waals surface area contributed by atoms with E-state index in [9.17, 15) is 18.0 Å². The van der Waals surface area contributed by atoms with Gasteiger partial charge in [0.05, 0.1) is 5.56 Å². The largest absolute Gasteiger partial charge is 0.573 e. The summed E-state index contributed by atoms with van der Waals surface area (Å²) < 4.78 is 53.9. The highest BCUT2D eigenvalue weighted by Crippen LogP contribution is 2.43. The monoisotopic (exact) mass is 406 g/mol. The van der Waals surface area contributed by atoms with Gasteiger partial charge in [0.2, 0.25) is 0 Å². The molecule has 3 rings (SSSR count). The van der Waals surface area contributed by atoms with Crippen LogP contribution in [0.25, 0.3) is 0 Å². The molecule has 0 bridgehead atoms. The van der Waals surface area contributed by atoms with E-state index in [1.54, 1.807) is 37.3 Å². The second kappa shape index (κ2) is 8.19. The van der Waals surface area contributed by atoms with Gasteiger partial charge in [-0.1, -0.05) is 24.8 Å². The Morgan fingerprint density at radius 2 is 1.69 bits per heavy atom. The number of benzene rings is 2. The summed E-state index contributed by atoms with van der Waals surface area (Å²) in [6, 6.07) is 11.9.